The van der Waals surface area contributed by atoms with Crippen molar-refractivity contribution in [2.75, 3.05) is 6.61 Å². The van der Waals surface area contributed by atoms with Crippen molar-refractivity contribution in [3.63, 3.8) is 0 Å². The van der Waals surface area contributed by atoms with Crippen molar-refractivity contribution < 1.29 is 84.3 Å². The first-order chi connectivity index (χ1) is 21.7. The molecule has 17 nitrogen and oxygen atoms in total. The van der Waals surface area contributed by atoms with E-state index in [1.54, 1.807) is 0 Å². The Bertz CT molecular complexity index is 1010. The third-order valence-corrected chi connectivity index (χ3v) is 10.0. The largest absolute Gasteiger partial charge is 0.454 e. The second kappa shape index (κ2) is 14.8. The van der Waals surface area contributed by atoms with Crippen LogP contribution in [-0.2, 0) is 33.2 Å². The fourth-order valence-corrected chi connectivity index (χ4v) is 7.45. The van der Waals surface area contributed by atoms with Crippen LogP contribution < -0.4 is 0 Å². The number of hydrogen-bond donors (Lipinski definition) is 10. The van der Waals surface area contributed by atoms with Gasteiger partial charge in [-0.15, -0.1) is 0 Å². The summed E-state index contributed by atoms with van der Waals surface area (Å²) in [7, 11) is 0. The minimum Gasteiger partial charge on any atom is -0.454 e. The van der Waals surface area contributed by atoms with Crippen LogP contribution in [0.25, 0.3) is 0 Å². The molecule has 3 saturated heterocycles. The average Bonchev–Trinajstić information content (AvgIpc) is 2.99. The molecule has 17 heteroatoms. The van der Waals surface area contributed by atoms with Crippen LogP contribution in [-0.4, -0.2) is 174 Å². The van der Waals surface area contributed by atoms with Gasteiger partial charge in [-0.05, 0) is 44.9 Å². The van der Waals surface area contributed by atoms with Crippen molar-refractivity contribution in [2.24, 2.45) is 11.8 Å². The maximum absolute atomic E-state index is 11.6. The fourth-order valence-electron chi connectivity index (χ4n) is 7.45. The minimum atomic E-state index is -1.78. The molecule has 0 aromatic heterocycles. The summed E-state index contributed by atoms with van der Waals surface area (Å²) in [6.45, 7) is 2.05. The van der Waals surface area contributed by atoms with Gasteiger partial charge >= 0.3 is 5.97 Å². The lowest BCUT2D eigenvalue weighted by molar-refractivity contribution is -0.346. The lowest BCUT2D eigenvalue weighted by Gasteiger charge is -2.51. The zero-order valence-corrected chi connectivity index (χ0v) is 25.6. The quantitative estimate of drug-likeness (QED) is 0.114. The summed E-state index contributed by atoms with van der Waals surface area (Å²) in [6, 6.07) is 0. The molecule has 0 bridgehead atoms. The SMILES string of the molecule is CC(=O)OC1C(OCC2OC(OC3CC4C(O)CC(O)CC4OC3C3CC(O)C(O)C(O)C3)C(O)C(O)C2O)OC(C)C(O)C1O. The highest BCUT2D eigenvalue weighted by Gasteiger charge is 2.53. The van der Waals surface area contributed by atoms with E-state index in [1.165, 1.54) is 6.92 Å². The van der Waals surface area contributed by atoms with E-state index in [-0.39, 0.29) is 32.1 Å². The van der Waals surface area contributed by atoms with Gasteiger partial charge in [-0.2, -0.15) is 0 Å². The Balaban J connectivity index is 1.31. The molecule has 0 aromatic carbocycles. The molecule has 3 aliphatic heterocycles. The number of rotatable bonds is 7. The second-order valence-corrected chi connectivity index (χ2v) is 13.4. The lowest BCUT2D eigenvalue weighted by Crippen LogP contribution is -2.63. The molecule has 0 amide bonds. The molecule has 18 unspecified atom stereocenters. The Kier molecular flexibility index (Phi) is 11.6. The zero-order chi connectivity index (χ0) is 33.6. The summed E-state index contributed by atoms with van der Waals surface area (Å²) in [5.74, 6) is -1.80. The van der Waals surface area contributed by atoms with E-state index in [0.29, 0.717) is 0 Å². The van der Waals surface area contributed by atoms with E-state index < -0.39 is 135 Å². The lowest BCUT2D eigenvalue weighted by atomic mass is 9.72. The highest BCUT2D eigenvalue weighted by Crippen LogP contribution is 2.43. The first kappa shape index (κ1) is 36.2. The van der Waals surface area contributed by atoms with E-state index in [9.17, 15) is 55.9 Å². The van der Waals surface area contributed by atoms with Crippen molar-refractivity contribution in [1.29, 1.82) is 0 Å². The van der Waals surface area contributed by atoms with Crippen LogP contribution in [0.3, 0.4) is 0 Å². The highest BCUT2D eigenvalue weighted by molar-refractivity contribution is 5.66. The number of aliphatic hydroxyl groups excluding tert-OH is 10. The number of ether oxygens (including phenoxy) is 6. The maximum Gasteiger partial charge on any atom is 0.303 e. The summed E-state index contributed by atoms with van der Waals surface area (Å²) in [5.41, 5.74) is 0. The van der Waals surface area contributed by atoms with Crippen molar-refractivity contribution >= 4 is 5.97 Å². The summed E-state index contributed by atoms with van der Waals surface area (Å²) in [5, 5.41) is 105. The van der Waals surface area contributed by atoms with Crippen LogP contribution in [0.2, 0.25) is 0 Å². The number of carbonyl (C=O) groups excluding carboxylic acids is 1. The summed E-state index contributed by atoms with van der Waals surface area (Å²) >= 11 is 0. The van der Waals surface area contributed by atoms with E-state index in [4.69, 9.17) is 28.4 Å². The predicted octanol–water partition coefficient (Wildman–Crippen LogP) is -4.62. The third-order valence-electron chi connectivity index (χ3n) is 10.0. The Labute approximate surface area is 265 Å². The Hall–Kier alpha value is -1.13. The average molecular weight is 669 g/mol. The number of hydrogen-bond acceptors (Lipinski definition) is 17. The standard InChI is InChI=1S/C29H48O17/c1-9-20(35)24(39)27(43-10(2)30)29(42-9)41-8-19-22(37)23(38)25(40)28(46-19)45-18-7-13-14(32)5-12(31)6-17(13)44-26(18)11-3-15(33)21(36)16(34)4-11/h9,11-29,31-40H,3-8H2,1-2H3. The van der Waals surface area contributed by atoms with Crippen molar-refractivity contribution in [3.8, 4) is 0 Å². The summed E-state index contributed by atoms with van der Waals surface area (Å²) < 4.78 is 34.8. The van der Waals surface area contributed by atoms with Crippen LogP contribution in [0.15, 0.2) is 0 Å². The molecule has 0 radical (unpaired) electrons. The van der Waals surface area contributed by atoms with Crippen LogP contribution in [0.1, 0.15) is 46.0 Å². The number of carbonyl (C=O) groups is 1. The summed E-state index contributed by atoms with van der Waals surface area (Å²) in [6.07, 6.45) is -22.2. The van der Waals surface area contributed by atoms with Gasteiger partial charge in [0.1, 0.15) is 42.7 Å². The molecule has 5 rings (SSSR count). The van der Waals surface area contributed by atoms with E-state index >= 15 is 0 Å². The molecular weight excluding hydrogens is 620 g/mol. The third kappa shape index (κ3) is 7.54. The van der Waals surface area contributed by atoms with Gasteiger partial charge in [-0.3, -0.25) is 4.79 Å². The van der Waals surface area contributed by atoms with Gasteiger partial charge in [0.25, 0.3) is 0 Å². The molecule has 18 atom stereocenters. The normalized spacial score (nSPS) is 53.3. The second-order valence-electron chi connectivity index (χ2n) is 13.4. The Morgan fingerprint density at radius 2 is 1.37 bits per heavy atom. The van der Waals surface area contributed by atoms with Gasteiger partial charge in [0.05, 0.1) is 55.4 Å². The van der Waals surface area contributed by atoms with Gasteiger partial charge < -0.3 is 79.5 Å². The molecule has 2 aliphatic carbocycles. The molecule has 3 heterocycles. The monoisotopic (exact) mass is 668 g/mol. The van der Waals surface area contributed by atoms with E-state index in [0.717, 1.165) is 6.92 Å². The van der Waals surface area contributed by atoms with Crippen LogP contribution in [0, 0.1) is 11.8 Å². The molecule has 5 aliphatic rings. The fraction of sp³-hybridized carbons (Fsp3) is 0.966. The van der Waals surface area contributed by atoms with Gasteiger partial charge in [0, 0.05) is 12.8 Å². The van der Waals surface area contributed by atoms with Gasteiger partial charge in [0.15, 0.2) is 18.7 Å². The van der Waals surface area contributed by atoms with Gasteiger partial charge in [0.2, 0.25) is 0 Å². The highest BCUT2D eigenvalue weighted by atomic mass is 16.7. The smallest absolute Gasteiger partial charge is 0.303 e. The molecule has 46 heavy (non-hydrogen) atoms. The molecule has 266 valence electrons. The van der Waals surface area contributed by atoms with Crippen LogP contribution >= 0.6 is 0 Å². The van der Waals surface area contributed by atoms with Crippen molar-refractivity contribution in [2.45, 2.75) is 156 Å². The first-order valence-electron chi connectivity index (χ1n) is 15.9. The predicted molar refractivity (Wildman–Crippen MR) is 148 cm³/mol. The molecule has 0 spiro atoms. The van der Waals surface area contributed by atoms with Crippen molar-refractivity contribution in [1.82, 2.24) is 0 Å². The maximum atomic E-state index is 11.6. The molecular formula is C29H48O17. The van der Waals surface area contributed by atoms with Gasteiger partial charge in [-0.25, -0.2) is 0 Å². The zero-order valence-electron chi connectivity index (χ0n) is 25.6. The number of aliphatic hydroxyl groups is 10. The van der Waals surface area contributed by atoms with Crippen molar-refractivity contribution in [3.05, 3.63) is 0 Å². The molecule has 2 saturated carbocycles. The molecule has 10 N–H and O–H groups in total. The Morgan fingerprint density at radius 3 is 2.02 bits per heavy atom. The number of esters is 1. The van der Waals surface area contributed by atoms with Crippen LogP contribution in [0.5, 0.6) is 0 Å². The molecule has 5 fully saturated rings. The Morgan fingerprint density at radius 1 is 0.696 bits per heavy atom. The van der Waals surface area contributed by atoms with Gasteiger partial charge in [-0.1, -0.05) is 0 Å². The van der Waals surface area contributed by atoms with E-state index in [2.05, 4.69) is 0 Å². The summed E-state index contributed by atoms with van der Waals surface area (Å²) in [4.78, 5) is 11.6. The molecule has 0 aromatic rings. The topological polar surface area (TPSA) is 275 Å². The number of fused-ring (bicyclic) bond motifs is 1. The minimum absolute atomic E-state index is 0.0426. The van der Waals surface area contributed by atoms with E-state index in [1.807, 2.05) is 0 Å². The van der Waals surface area contributed by atoms with Crippen LogP contribution in [0.4, 0.5) is 0 Å². The first-order valence-corrected chi connectivity index (χ1v) is 15.9.